The second-order valence-corrected chi connectivity index (χ2v) is 7.78. The molecule has 0 heterocycles. The summed E-state index contributed by atoms with van der Waals surface area (Å²) >= 11 is 5.86. The normalized spacial score (nSPS) is 12.1. The van der Waals surface area contributed by atoms with Gasteiger partial charge in [-0.15, -0.1) is 8.42 Å². The van der Waals surface area contributed by atoms with Crippen LogP contribution in [0.1, 0.15) is 10.4 Å². The van der Waals surface area contributed by atoms with Crippen LogP contribution in [0.5, 0.6) is 0 Å². The fourth-order valence-corrected chi connectivity index (χ4v) is 2.61. The van der Waals surface area contributed by atoms with Crippen molar-refractivity contribution in [3.63, 3.8) is 0 Å². The molecule has 2 aromatic rings. The summed E-state index contributed by atoms with van der Waals surface area (Å²) in [5.74, 6) is -2.66. The van der Waals surface area contributed by atoms with E-state index in [1.165, 1.54) is 18.2 Å². The summed E-state index contributed by atoms with van der Waals surface area (Å²) in [5, 5.41) is 2.36. The highest BCUT2D eigenvalue weighted by molar-refractivity contribution is 7.85. The van der Waals surface area contributed by atoms with Gasteiger partial charge in [0.2, 0.25) is 0 Å². The molecule has 0 aliphatic heterocycles. The first-order valence-corrected chi connectivity index (χ1v) is 8.59. The van der Waals surface area contributed by atoms with E-state index in [4.69, 9.17) is 11.6 Å². The van der Waals surface area contributed by atoms with E-state index in [2.05, 4.69) is 5.32 Å². The molecule has 0 fully saturated rings. The summed E-state index contributed by atoms with van der Waals surface area (Å²) in [6.07, 6.45) is 0. The molecule has 0 aliphatic rings. The molecule has 0 atom stereocenters. The molecule has 0 aromatic heterocycles. The Labute approximate surface area is 148 Å². The van der Waals surface area contributed by atoms with E-state index in [1.54, 1.807) is 0 Å². The predicted octanol–water partition coefficient (Wildman–Crippen LogP) is 3.24. The van der Waals surface area contributed by atoms with Crippen molar-refractivity contribution in [1.29, 1.82) is 0 Å². The molecule has 6 nitrogen and oxygen atoms in total. The molecule has 0 bridgehead atoms. The fraction of sp³-hybridized carbons (Fsp3) is 0.133. The zero-order valence-electron chi connectivity index (χ0n) is 13.1. The number of hydrogen-bond donors (Lipinski definition) is 2. The molecule has 0 spiro atoms. The number of rotatable bonds is 4. The van der Waals surface area contributed by atoms with Crippen LogP contribution >= 0.6 is 11.6 Å². The summed E-state index contributed by atoms with van der Waals surface area (Å²) in [4.78, 5) is 12.5. The first kappa shape index (κ1) is 19.3. The number of nitrogens with one attached hydrogen (secondary N) is 1. The van der Waals surface area contributed by atoms with Gasteiger partial charge in [0.25, 0.3) is 5.91 Å². The molecule has 134 valence electrons. The number of halogens is 3. The lowest BCUT2D eigenvalue weighted by atomic mass is 10.1. The summed E-state index contributed by atoms with van der Waals surface area (Å²) in [6.45, 7) is 0. The van der Waals surface area contributed by atoms with Gasteiger partial charge in [0, 0.05) is 17.2 Å². The van der Waals surface area contributed by atoms with Crippen LogP contribution in [0, 0.1) is 11.6 Å². The van der Waals surface area contributed by atoms with Crippen molar-refractivity contribution in [3.05, 3.63) is 58.6 Å². The Morgan fingerprint density at radius 2 is 1.80 bits per heavy atom. The number of anilines is 1. The monoisotopic (exact) mass is 391 g/mol. The fourth-order valence-electron chi connectivity index (χ4n) is 2.05. The number of nitrogens with zero attached hydrogens (tertiary/aromatic N) is 1. The molecule has 1 amide bonds. The van der Waals surface area contributed by atoms with Crippen LogP contribution in [0.4, 0.5) is 20.2 Å². The van der Waals surface area contributed by atoms with E-state index < -0.39 is 31.7 Å². The summed E-state index contributed by atoms with van der Waals surface area (Å²) in [7, 11) is -2.37. The maximum absolute atomic E-state index is 13.7. The molecule has 10 heteroatoms. The highest BCUT2D eigenvalue weighted by atomic mass is 35.5. The van der Waals surface area contributed by atoms with Gasteiger partial charge >= 0.3 is 10.3 Å². The Bertz CT molecular complexity index is 949. The summed E-state index contributed by atoms with van der Waals surface area (Å²) in [6, 6.07) is 6.35. The van der Waals surface area contributed by atoms with E-state index in [1.807, 2.05) is 0 Å². The highest BCUT2D eigenvalue weighted by Crippen LogP contribution is 2.31. The Morgan fingerprint density at radius 3 is 2.36 bits per heavy atom. The van der Waals surface area contributed by atoms with E-state index in [-0.39, 0.29) is 22.0 Å². The number of hydrogen-bond acceptors (Lipinski definition) is 3. The van der Waals surface area contributed by atoms with Gasteiger partial charge in [0.1, 0.15) is 17.2 Å². The van der Waals surface area contributed by atoms with Crippen LogP contribution in [0.2, 0.25) is 5.02 Å². The Morgan fingerprint density at radius 1 is 1.16 bits per heavy atom. The first-order valence-electron chi connectivity index (χ1n) is 6.81. The second kappa shape index (κ2) is 6.68. The smallest absolute Gasteiger partial charge is 0.319 e. The second-order valence-electron chi connectivity index (χ2n) is 5.54. The standard InChI is InChI=1S/C15H13ClF2N2O4S/c1-20(2,25(22,23)24)14-7-9(16)3-5-11(14)15(21)19-13-6-4-10(17)8-12(13)18/h3-8H,1-2H3,(H-,19,21,22,23,24)/p+1. The molecule has 2 aromatic carbocycles. The van der Waals surface area contributed by atoms with Gasteiger partial charge in [0.15, 0.2) is 5.69 Å². The largest absolute Gasteiger partial charge is 0.437 e. The van der Waals surface area contributed by atoms with Crippen molar-refractivity contribution in [2.75, 3.05) is 19.4 Å². The van der Waals surface area contributed by atoms with Crippen molar-refractivity contribution in [2.45, 2.75) is 0 Å². The van der Waals surface area contributed by atoms with Gasteiger partial charge < -0.3 is 5.32 Å². The number of amides is 1. The van der Waals surface area contributed by atoms with E-state index >= 15 is 0 Å². The average Bonchev–Trinajstić information content (AvgIpc) is 2.48. The molecule has 0 saturated heterocycles. The topological polar surface area (TPSA) is 83.5 Å². The van der Waals surface area contributed by atoms with Crippen LogP contribution in [-0.2, 0) is 10.3 Å². The van der Waals surface area contributed by atoms with Crippen molar-refractivity contribution >= 4 is 39.2 Å². The third-order valence-electron chi connectivity index (χ3n) is 3.54. The quantitative estimate of drug-likeness (QED) is 0.619. The minimum atomic E-state index is -4.64. The third-order valence-corrected chi connectivity index (χ3v) is 5.13. The molecule has 0 aliphatic carbocycles. The molecular formula is C15H14ClF2N2O4S+. The number of carbonyl (C=O) groups excluding carboxylic acids is 1. The minimum Gasteiger partial charge on any atom is -0.319 e. The highest BCUT2D eigenvalue weighted by Gasteiger charge is 2.37. The lowest BCUT2D eigenvalue weighted by Crippen LogP contribution is -2.47. The molecule has 0 saturated carbocycles. The van der Waals surface area contributed by atoms with Crippen molar-refractivity contribution in [3.8, 4) is 0 Å². The molecule has 2 N–H and O–H groups in total. The Kier molecular flexibility index (Phi) is 5.14. The van der Waals surface area contributed by atoms with E-state index in [0.29, 0.717) is 6.07 Å². The van der Waals surface area contributed by atoms with Crippen LogP contribution in [0.15, 0.2) is 36.4 Å². The lowest BCUT2D eigenvalue weighted by Gasteiger charge is -2.26. The van der Waals surface area contributed by atoms with Crippen molar-refractivity contribution < 1.29 is 26.5 Å². The SMILES string of the molecule is C[N+](C)(c1cc(Cl)ccc1C(=O)Nc1ccc(F)cc1F)S(=O)(=O)O. The Hall–Kier alpha value is -2.07. The zero-order chi connectivity index (χ0) is 19.0. The molecule has 0 radical (unpaired) electrons. The van der Waals surface area contributed by atoms with Gasteiger partial charge in [-0.3, -0.25) is 4.79 Å². The molecule has 0 unspecified atom stereocenters. The van der Waals surface area contributed by atoms with Gasteiger partial charge in [-0.05, 0) is 24.3 Å². The molecule has 2 rings (SSSR count). The van der Waals surface area contributed by atoms with Gasteiger partial charge in [-0.2, -0.15) is 3.89 Å². The van der Waals surface area contributed by atoms with Crippen LogP contribution < -0.4 is 9.21 Å². The zero-order valence-corrected chi connectivity index (χ0v) is 14.7. The van der Waals surface area contributed by atoms with Crippen molar-refractivity contribution in [2.24, 2.45) is 0 Å². The average molecular weight is 392 g/mol. The van der Waals surface area contributed by atoms with E-state index in [0.717, 1.165) is 26.2 Å². The third kappa shape index (κ3) is 3.96. The minimum absolute atomic E-state index is 0.130. The molecular weight excluding hydrogens is 378 g/mol. The lowest BCUT2D eigenvalue weighted by molar-refractivity contribution is 0.102. The summed E-state index contributed by atoms with van der Waals surface area (Å²) in [5.41, 5.74) is -0.574. The Balaban J connectivity index is 2.51. The summed E-state index contributed by atoms with van der Waals surface area (Å²) < 4.78 is 58.3. The van der Waals surface area contributed by atoms with Gasteiger partial charge in [0.05, 0.1) is 19.8 Å². The predicted molar refractivity (Wildman–Crippen MR) is 91.0 cm³/mol. The maximum Gasteiger partial charge on any atom is 0.437 e. The van der Waals surface area contributed by atoms with Gasteiger partial charge in [-0.25, -0.2) is 13.3 Å². The number of carbonyl (C=O) groups is 1. The van der Waals surface area contributed by atoms with Crippen molar-refractivity contribution in [1.82, 2.24) is 3.89 Å². The number of quaternary nitrogens is 1. The van der Waals surface area contributed by atoms with E-state index in [9.17, 15) is 26.5 Å². The maximum atomic E-state index is 13.7. The van der Waals surface area contributed by atoms with Gasteiger partial charge in [-0.1, -0.05) is 11.6 Å². The van der Waals surface area contributed by atoms with Crippen LogP contribution in [-0.4, -0.2) is 33.0 Å². The van der Waals surface area contributed by atoms with Crippen LogP contribution in [0.3, 0.4) is 0 Å². The van der Waals surface area contributed by atoms with Crippen LogP contribution in [0.25, 0.3) is 0 Å². The number of benzene rings is 2. The first-order chi connectivity index (χ1) is 11.4. The molecule has 25 heavy (non-hydrogen) atoms.